The number of amides is 1. The molecule has 2 heterocycles. The number of aromatic nitrogens is 1. The molecule has 2 aromatic rings. The first-order valence-electron chi connectivity index (χ1n) is 8.36. The quantitative estimate of drug-likeness (QED) is 0.912. The van der Waals surface area contributed by atoms with Crippen LogP contribution in [0.1, 0.15) is 40.9 Å². The number of aliphatic hydroxyl groups is 1. The van der Waals surface area contributed by atoms with E-state index in [1.165, 1.54) is 5.56 Å². The van der Waals surface area contributed by atoms with E-state index in [2.05, 4.69) is 17.1 Å². The number of nitrogens with zero attached hydrogens (tertiary/aromatic N) is 1. The van der Waals surface area contributed by atoms with Gasteiger partial charge in [-0.05, 0) is 30.4 Å². The van der Waals surface area contributed by atoms with Gasteiger partial charge < -0.3 is 15.0 Å². The molecule has 1 aromatic heterocycles. The molecule has 0 aliphatic carbocycles. The number of nitrogens with one attached hydrogen (secondary N) is 1. The van der Waals surface area contributed by atoms with Gasteiger partial charge in [0.05, 0.1) is 5.56 Å². The topological polar surface area (TPSA) is 56.3 Å². The minimum atomic E-state index is 0.0769. The Morgan fingerprint density at radius 2 is 2.09 bits per heavy atom. The van der Waals surface area contributed by atoms with Crippen LogP contribution in [0.4, 0.5) is 0 Å². The van der Waals surface area contributed by atoms with Gasteiger partial charge in [-0.1, -0.05) is 37.3 Å². The average molecular weight is 312 g/mol. The lowest BCUT2D eigenvalue weighted by molar-refractivity contribution is 0.0577. The number of hydrogen-bond acceptors (Lipinski definition) is 2. The van der Waals surface area contributed by atoms with Gasteiger partial charge in [0.25, 0.3) is 5.91 Å². The van der Waals surface area contributed by atoms with Crippen LogP contribution in [0, 0.1) is 5.92 Å². The van der Waals surface area contributed by atoms with E-state index < -0.39 is 0 Å². The number of H-pyrrole nitrogens is 1. The predicted molar refractivity (Wildman–Crippen MR) is 90.5 cm³/mol. The van der Waals surface area contributed by atoms with Crippen LogP contribution in [0.2, 0.25) is 0 Å². The van der Waals surface area contributed by atoms with Crippen molar-refractivity contribution < 1.29 is 9.90 Å². The highest BCUT2D eigenvalue weighted by molar-refractivity contribution is 5.95. The molecule has 0 saturated carbocycles. The Morgan fingerprint density at radius 1 is 1.30 bits per heavy atom. The fourth-order valence-electron chi connectivity index (χ4n) is 3.61. The number of hydrogen-bond donors (Lipinski definition) is 2. The van der Waals surface area contributed by atoms with Gasteiger partial charge in [-0.2, -0.15) is 0 Å². The lowest BCUT2D eigenvalue weighted by Gasteiger charge is -2.38. The van der Waals surface area contributed by atoms with Crippen molar-refractivity contribution in [1.29, 1.82) is 0 Å². The van der Waals surface area contributed by atoms with Crippen LogP contribution in [-0.2, 0) is 6.42 Å². The number of benzene rings is 1. The molecule has 23 heavy (non-hydrogen) atoms. The van der Waals surface area contributed by atoms with Gasteiger partial charge in [-0.3, -0.25) is 4.79 Å². The van der Waals surface area contributed by atoms with E-state index in [0.717, 1.165) is 30.6 Å². The summed E-state index contributed by atoms with van der Waals surface area (Å²) in [7, 11) is 0. The molecule has 0 unspecified atom stereocenters. The van der Waals surface area contributed by atoms with Gasteiger partial charge in [0.1, 0.15) is 0 Å². The number of rotatable bonds is 4. The van der Waals surface area contributed by atoms with E-state index in [4.69, 9.17) is 0 Å². The van der Waals surface area contributed by atoms with E-state index in [1.807, 2.05) is 42.3 Å². The van der Waals surface area contributed by atoms with Crippen molar-refractivity contribution in [2.45, 2.75) is 25.7 Å². The molecule has 1 aliphatic rings. The van der Waals surface area contributed by atoms with E-state index >= 15 is 0 Å². The molecule has 2 atom stereocenters. The average Bonchev–Trinajstić information content (AvgIpc) is 3.10. The summed E-state index contributed by atoms with van der Waals surface area (Å²) in [6.07, 6.45) is 3.54. The van der Waals surface area contributed by atoms with Gasteiger partial charge in [0.15, 0.2) is 0 Å². The summed E-state index contributed by atoms with van der Waals surface area (Å²) >= 11 is 0. The number of carbonyl (C=O) groups is 1. The zero-order valence-corrected chi connectivity index (χ0v) is 13.5. The second-order valence-electron chi connectivity index (χ2n) is 6.22. The number of piperidine rings is 1. The van der Waals surface area contributed by atoms with Crippen molar-refractivity contribution in [3.8, 4) is 0 Å². The maximum absolute atomic E-state index is 12.8. The largest absolute Gasteiger partial charge is 0.396 e. The molecule has 1 aromatic carbocycles. The molecule has 122 valence electrons. The number of carbonyl (C=O) groups excluding carboxylic acids is 1. The molecule has 3 rings (SSSR count). The molecule has 1 amide bonds. The molecular formula is C19H24N2O2. The highest BCUT2D eigenvalue weighted by atomic mass is 16.3. The molecule has 1 fully saturated rings. The van der Waals surface area contributed by atoms with E-state index in [0.29, 0.717) is 12.5 Å². The predicted octanol–water partition coefficient (Wildman–Crippen LogP) is 2.82. The summed E-state index contributed by atoms with van der Waals surface area (Å²) in [5, 5.41) is 9.81. The van der Waals surface area contributed by atoms with Gasteiger partial charge in [-0.25, -0.2) is 0 Å². The van der Waals surface area contributed by atoms with Crippen LogP contribution in [0.25, 0.3) is 0 Å². The lowest BCUT2D eigenvalue weighted by Crippen LogP contribution is -2.44. The first-order valence-corrected chi connectivity index (χ1v) is 8.36. The van der Waals surface area contributed by atoms with E-state index in [1.54, 1.807) is 0 Å². The molecule has 1 aliphatic heterocycles. The van der Waals surface area contributed by atoms with Crippen molar-refractivity contribution in [2.75, 3.05) is 19.7 Å². The van der Waals surface area contributed by atoms with E-state index in [9.17, 15) is 9.90 Å². The van der Waals surface area contributed by atoms with Crippen LogP contribution in [0.15, 0.2) is 42.6 Å². The Balaban J connectivity index is 1.75. The van der Waals surface area contributed by atoms with Crippen LogP contribution < -0.4 is 0 Å². The molecule has 0 radical (unpaired) electrons. The SMILES string of the molecule is CCc1[nH]ccc1C(=O)N1CC[C@@H](c2ccccc2)[C@@H](CO)C1. The van der Waals surface area contributed by atoms with Crippen LogP contribution >= 0.6 is 0 Å². The first kappa shape index (κ1) is 15.8. The summed E-state index contributed by atoms with van der Waals surface area (Å²) in [6, 6.07) is 12.2. The minimum Gasteiger partial charge on any atom is -0.396 e. The molecule has 0 spiro atoms. The fourth-order valence-corrected chi connectivity index (χ4v) is 3.61. The normalized spacial score (nSPS) is 21.4. The second kappa shape index (κ2) is 7.01. The number of aryl methyl sites for hydroxylation is 1. The van der Waals surface area contributed by atoms with Crippen molar-refractivity contribution in [1.82, 2.24) is 9.88 Å². The minimum absolute atomic E-state index is 0.0769. The highest BCUT2D eigenvalue weighted by Crippen LogP contribution is 2.33. The third kappa shape index (κ3) is 3.17. The number of likely N-dealkylation sites (tertiary alicyclic amines) is 1. The highest BCUT2D eigenvalue weighted by Gasteiger charge is 2.32. The smallest absolute Gasteiger partial charge is 0.255 e. The standard InChI is InChI=1S/C19H24N2O2/c1-2-18-17(8-10-20-18)19(23)21-11-9-16(15(12-21)13-22)14-6-4-3-5-7-14/h3-8,10,15-16,20,22H,2,9,11-13H2,1H3/t15-,16+/m1/s1. The monoisotopic (exact) mass is 312 g/mol. The van der Waals surface area contributed by atoms with Crippen molar-refractivity contribution in [2.24, 2.45) is 5.92 Å². The molecule has 4 nitrogen and oxygen atoms in total. The fraction of sp³-hybridized carbons (Fsp3) is 0.421. The summed E-state index contributed by atoms with van der Waals surface area (Å²) in [5.74, 6) is 0.495. The molecule has 2 N–H and O–H groups in total. The zero-order valence-electron chi connectivity index (χ0n) is 13.5. The third-order valence-electron chi connectivity index (χ3n) is 4.90. The maximum Gasteiger partial charge on any atom is 0.255 e. The van der Waals surface area contributed by atoms with Crippen molar-refractivity contribution >= 4 is 5.91 Å². The van der Waals surface area contributed by atoms with Crippen LogP contribution in [0.5, 0.6) is 0 Å². The van der Waals surface area contributed by atoms with Gasteiger partial charge >= 0.3 is 0 Å². The van der Waals surface area contributed by atoms with Gasteiger partial charge in [-0.15, -0.1) is 0 Å². The van der Waals surface area contributed by atoms with Gasteiger partial charge in [0, 0.05) is 37.5 Å². The lowest BCUT2D eigenvalue weighted by atomic mass is 9.80. The second-order valence-corrected chi connectivity index (χ2v) is 6.22. The zero-order chi connectivity index (χ0) is 16.2. The Bertz CT molecular complexity index is 650. The van der Waals surface area contributed by atoms with Gasteiger partial charge in [0.2, 0.25) is 0 Å². The van der Waals surface area contributed by atoms with Crippen molar-refractivity contribution in [3.05, 3.63) is 59.4 Å². The Labute approximate surface area is 137 Å². The Hall–Kier alpha value is -2.07. The van der Waals surface area contributed by atoms with Crippen LogP contribution in [0.3, 0.4) is 0 Å². The van der Waals surface area contributed by atoms with Crippen molar-refractivity contribution in [3.63, 3.8) is 0 Å². The summed E-state index contributed by atoms with van der Waals surface area (Å²) in [5.41, 5.74) is 3.01. The summed E-state index contributed by atoms with van der Waals surface area (Å²) in [6.45, 7) is 3.50. The Morgan fingerprint density at radius 3 is 2.78 bits per heavy atom. The summed E-state index contributed by atoms with van der Waals surface area (Å²) in [4.78, 5) is 17.8. The number of aromatic amines is 1. The maximum atomic E-state index is 12.8. The summed E-state index contributed by atoms with van der Waals surface area (Å²) < 4.78 is 0. The number of aliphatic hydroxyl groups excluding tert-OH is 1. The third-order valence-corrected chi connectivity index (χ3v) is 4.90. The molecule has 0 bridgehead atoms. The van der Waals surface area contributed by atoms with E-state index in [-0.39, 0.29) is 18.4 Å². The molecular weight excluding hydrogens is 288 g/mol. The molecule has 4 heteroatoms. The van der Waals surface area contributed by atoms with Crippen LogP contribution in [-0.4, -0.2) is 40.6 Å². The molecule has 1 saturated heterocycles. The first-order chi connectivity index (χ1) is 11.2. The Kier molecular flexibility index (Phi) is 4.82.